The molecule has 0 aliphatic heterocycles. The average molecular weight is 333 g/mol. The van der Waals surface area contributed by atoms with Crippen LogP contribution in [-0.4, -0.2) is 4.98 Å². The summed E-state index contributed by atoms with van der Waals surface area (Å²) < 4.78 is 7.07. The number of benzene rings is 1. The van der Waals surface area contributed by atoms with Crippen LogP contribution >= 0.6 is 15.9 Å². The molecule has 2 aromatic rings. The summed E-state index contributed by atoms with van der Waals surface area (Å²) in [6, 6.07) is 10.5. The highest BCUT2D eigenvalue weighted by Gasteiger charge is 2.22. The van der Waals surface area contributed by atoms with E-state index < -0.39 is 0 Å². The lowest BCUT2D eigenvalue weighted by Gasteiger charge is -2.26. The minimum atomic E-state index is 0.0823. The lowest BCUT2D eigenvalue weighted by atomic mass is 9.89. The average Bonchev–Trinajstić information content (AvgIpc) is 2.49. The molecule has 0 radical (unpaired) electrons. The SMILES string of the molecule is NCc1cc(Br)cnc1OC1CCCc2ccccc21. The van der Waals surface area contributed by atoms with Gasteiger partial charge in [-0.3, -0.25) is 0 Å². The molecule has 0 amide bonds. The Labute approximate surface area is 127 Å². The summed E-state index contributed by atoms with van der Waals surface area (Å²) in [5.41, 5.74) is 9.38. The predicted molar refractivity (Wildman–Crippen MR) is 82.6 cm³/mol. The van der Waals surface area contributed by atoms with Gasteiger partial charge in [-0.1, -0.05) is 24.3 Å². The largest absolute Gasteiger partial charge is 0.469 e. The van der Waals surface area contributed by atoms with Crippen LogP contribution in [0.5, 0.6) is 5.88 Å². The molecule has 20 heavy (non-hydrogen) atoms. The Balaban J connectivity index is 1.89. The first-order chi connectivity index (χ1) is 9.78. The highest BCUT2D eigenvalue weighted by Crippen LogP contribution is 2.34. The number of ether oxygens (including phenoxy) is 1. The van der Waals surface area contributed by atoms with Gasteiger partial charge in [0.25, 0.3) is 0 Å². The quantitative estimate of drug-likeness (QED) is 0.930. The van der Waals surface area contributed by atoms with Gasteiger partial charge in [-0.2, -0.15) is 0 Å². The molecular formula is C16H17BrN2O. The number of rotatable bonds is 3. The van der Waals surface area contributed by atoms with Gasteiger partial charge < -0.3 is 10.5 Å². The molecule has 4 heteroatoms. The summed E-state index contributed by atoms with van der Waals surface area (Å²) in [7, 11) is 0. The molecule has 0 bridgehead atoms. The van der Waals surface area contributed by atoms with Gasteiger partial charge in [-0.15, -0.1) is 0 Å². The smallest absolute Gasteiger partial charge is 0.218 e. The van der Waals surface area contributed by atoms with E-state index in [-0.39, 0.29) is 6.10 Å². The van der Waals surface area contributed by atoms with Crippen LogP contribution in [0.3, 0.4) is 0 Å². The van der Waals surface area contributed by atoms with E-state index in [2.05, 4.69) is 45.2 Å². The van der Waals surface area contributed by atoms with Crippen LogP contribution in [0.15, 0.2) is 41.0 Å². The minimum Gasteiger partial charge on any atom is -0.469 e. The second-order valence-corrected chi connectivity index (χ2v) is 5.94. The molecular weight excluding hydrogens is 316 g/mol. The van der Waals surface area contributed by atoms with Gasteiger partial charge in [0, 0.05) is 22.8 Å². The minimum absolute atomic E-state index is 0.0823. The van der Waals surface area contributed by atoms with Gasteiger partial charge in [0.2, 0.25) is 5.88 Å². The van der Waals surface area contributed by atoms with Gasteiger partial charge in [0.05, 0.1) is 0 Å². The van der Waals surface area contributed by atoms with Crippen molar-refractivity contribution in [3.8, 4) is 5.88 Å². The Bertz CT molecular complexity index is 615. The first-order valence-corrected chi connectivity index (χ1v) is 7.66. The van der Waals surface area contributed by atoms with Crippen LogP contribution in [0.2, 0.25) is 0 Å². The normalized spacial score (nSPS) is 17.6. The first kappa shape index (κ1) is 13.6. The maximum Gasteiger partial charge on any atom is 0.218 e. The van der Waals surface area contributed by atoms with Crippen molar-refractivity contribution in [2.75, 3.05) is 0 Å². The second-order valence-electron chi connectivity index (χ2n) is 5.02. The number of pyridine rings is 1. The Morgan fingerprint density at radius 2 is 2.20 bits per heavy atom. The fourth-order valence-electron chi connectivity index (χ4n) is 2.69. The molecule has 2 N–H and O–H groups in total. The Morgan fingerprint density at radius 1 is 1.35 bits per heavy atom. The van der Waals surface area contributed by atoms with E-state index >= 15 is 0 Å². The molecule has 1 aromatic heterocycles. The van der Waals surface area contributed by atoms with Crippen molar-refractivity contribution >= 4 is 15.9 Å². The van der Waals surface area contributed by atoms with Crippen LogP contribution in [0, 0.1) is 0 Å². The molecule has 3 nitrogen and oxygen atoms in total. The standard InChI is InChI=1S/C16H17BrN2O/c17-13-8-12(9-18)16(19-10-13)20-15-7-3-5-11-4-1-2-6-14(11)15/h1-2,4,6,8,10,15H,3,5,7,9,18H2. The lowest BCUT2D eigenvalue weighted by Crippen LogP contribution is -2.16. The van der Waals surface area contributed by atoms with Crippen molar-refractivity contribution in [2.45, 2.75) is 31.9 Å². The number of aryl methyl sites for hydroxylation is 1. The monoisotopic (exact) mass is 332 g/mol. The molecule has 1 aliphatic rings. The van der Waals surface area contributed by atoms with Gasteiger partial charge in [-0.05, 0) is 52.4 Å². The summed E-state index contributed by atoms with van der Waals surface area (Å²) in [4.78, 5) is 4.37. The number of hydrogen-bond acceptors (Lipinski definition) is 3. The molecule has 104 valence electrons. The van der Waals surface area contributed by atoms with Crippen LogP contribution in [0.25, 0.3) is 0 Å². The molecule has 0 spiro atoms. The van der Waals surface area contributed by atoms with E-state index in [0.29, 0.717) is 12.4 Å². The third-order valence-corrected chi connectivity index (χ3v) is 4.11. The molecule has 1 heterocycles. The van der Waals surface area contributed by atoms with E-state index in [1.807, 2.05) is 6.07 Å². The molecule has 1 aromatic carbocycles. The molecule has 1 unspecified atom stereocenters. The highest BCUT2D eigenvalue weighted by molar-refractivity contribution is 9.10. The molecule has 0 saturated carbocycles. The van der Waals surface area contributed by atoms with E-state index in [0.717, 1.165) is 29.3 Å². The van der Waals surface area contributed by atoms with E-state index in [9.17, 15) is 0 Å². The maximum atomic E-state index is 6.15. The highest BCUT2D eigenvalue weighted by atomic mass is 79.9. The van der Waals surface area contributed by atoms with Crippen LogP contribution < -0.4 is 10.5 Å². The fraction of sp³-hybridized carbons (Fsp3) is 0.312. The number of fused-ring (bicyclic) bond motifs is 1. The lowest BCUT2D eigenvalue weighted by molar-refractivity contribution is 0.174. The van der Waals surface area contributed by atoms with E-state index in [4.69, 9.17) is 10.5 Å². The Morgan fingerprint density at radius 3 is 3.05 bits per heavy atom. The zero-order valence-corrected chi connectivity index (χ0v) is 12.8. The van der Waals surface area contributed by atoms with Crippen molar-refractivity contribution in [2.24, 2.45) is 5.73 Å². The Kier molecular flexibility index (Phi) is 4.03. The first-order valence-electron chi connectivity index (χ1n) is 6.87. The van der Waals surface area contributed by atoms with Gasteiger partial charge in [0.1, 0.15) is 6.10 Å². The number of hydrogen-bond donors (Lipinski definition) is 1. The zero-order valence-electron chi connectivity index (χ0n) is 11.2. The predicted octanol–water partition coefficient (Wildman–Crippen LogP) is 3.76. The molecule has 1 aliphatic carbocycles. The van der Waals surface area contributed by atoms with Crippen molar-refractivity contribution in [1.29, 1.82) is 0 Å². The van der Waals surface area contributed by atoms with Crippen molar-refractivity contribution in [1.82, 2.24) is 4.98 Å². The van der Waals surface area contributed by atoms with Gasteiger partial charge >= 0.3 is 0 Å². The number of nitrogens with zero attached hydrogens (tertiary/aromatic N) is 1. The van der Waals surface area contributed by atoms with Crippen LogP contribution in [0.1, 0.15) is 35.6 Å². The Hall–Kier alpha value is -1.39. The summed E-state index contributed by atoms with van der Waals surface area (Å²) in [6.45, 7) is 0.427. The van der Waals surface area contributed by atoms with E-state index in [1.54, 1.807) is 6.20 Å². The molecule has 0 fully saturated rings. The fourth-order valence-corrected chi connectivity index (χ4v) is 3.07. The van der Waals surface area contributed by atoms with Crippen molar-refractivity contribution in [3.05, 3.63) is 57.7 Å². The van der Waals surface area contributed by atoms with Crippen LogP contribution in [0.4, 0.5) is 0 Å². The third-order valence-electron chi connectivity index (χ3n) is 3.68. The summed E-state index contributed by atoms with van der Waals surface area (Å²) in [5.74, 6) is 0.650. The topological polar surface area (TPSA) is 48.1 Å². The summed E-state index contributed by atoms with van der Waals surface area (Å²) in [6.07, 6.45) is 5.14. The summed E-state index contributed by atoms with van der Waals surface area (Å²) >= 11 is 3.41. The molecule has 1 atom stereocenters. The third kappa shape index (κ3) is 2.72. The van der Waals surface area contributed by atoms with Gasteiger partial charge in [0.15, 0.2) is 0 Å². The molecule has 3 rings (SSSR count). The van der Waals surface area contributed by atoms with Crippen molar-refractivity contribution < 1.29 is 4.74 Å². The number of nitrogens with two attached hydrogens (primary N) is 1. The van der Waals surface area contributed by atoms with Gasteiger partial charge in [-0.25, -0.2) is 4.98 Å². The zero-order chi connectivity index (χ0) is 13.9. The summed E-state index contributed by atoms with van der Waals surface area (Å²) in [5, 5.41) is 0. The number of aromatic nitrogens is 1. The number of halogens is 1. The van der Waals surface area contributed by atoms with E-state index in [1.165, 1.54) is 11.1 Å². The molecule has 0 saturated heterocycles. The van der Waals surface area contributed by atoms with Crippen LogP contribution in [-0.2, 0) is 13.0 Å². The van der Waals surface area contributed by atoms with Crippen molar-refractivity contribution in [3.63, 3.8) is 0 Å². The second kappa shape index (κ2) is 5.94. The maximum absolute atomic E-state index is 6.15.